The lowest BCUT2D eigenvalue weighted by Crippen LogP contribution is -2.01. The van der Waals surface area contributed by atoms with Gasteiger partial charge < -0.3 is 0 Å². The monoisotopic (exact) mass is 187 g/mol. The van der Waals surface area contributed by atoms with E-state index in [4.69, 9.17) is 0 Å². The highest BCUT2D eigenvalue weighted by Crippen LogP contribution is 2.25. The topological polar surface area (TPSA) is 37.6 Å². The molecule has 0 saturated heterocycles. The predicted molar refractivity (Wildman–Crippen MR) is 53.3 cm³/mol. The molecule has 1 aromatic rings. The maximum Gasteiger partial charge on any atom is 0.100 e. The van der Waals surface area contributed by atoms with Gasteiger partial charge in [0.15, 0.2) is 0 Å². The van der Waals surface area contributed by atoms with Crippen LogP contribution in [-0.2, 0) is 0 Å². The third-order valence-electron chi connectivity index (χ3n) is 1.99. The summed E-state index contributed by atoms with van der Waals surface area (Å²) in [5.41, 5.74) is 5.86. The van der Waals surface area contributed by atoms with Crippen LogP contribution in [-0.4, -0.2) is 16.9 Å². The van der Waals surface area contributed by atoms with Crippen molar-refractivity contribution >= 4 is 23.3 Å². The lowest BCUT2D eigenvalue weighted by Gasteiger charge is -1.96. The van der Waals surface area contributed by atoms with Crippen LogP contribution in [0.5, 0.6) is 0 Å². The van der Waals surface area contributed by atoms with E-state index < -0.39 is 0 Å². The van der Waals surface area contributed by atoms with Gasteiger partial charge in [-0.3, -0.25) is 9.98 Å². The molecule has 0 aliphatic carbocycles. The standard InChI is InChI=1S/C9H5N3S/c1-6-2-11-9(7(6)3-10-1)8-4-13-5-12-8/h1-5H. The van der Waals surface area contributed by atoms with Crippen LogP contribution in [0.3, 0.4) is 0 Å². The lowest BCUT2D eigenvalue weighted by molar-refractivity contribution is 1.37. The normalized spacial score (nSPS) is 18.3. The molecular weight excluding hydrogens is 182 g/mol. The van der Waals surface area contributed by atoms with E-state index in [1.807, 2.05) is 29.5 Å². The lowest BCUT2D eigenvalue weighted by atomic mass is 10.1. The van der Waals surface area contributed by atoms with Crippen LogP contribution in [0, 0.1) is 0 Å². The fourth-order valence-corrected chi connectivity index (χ4v) is 1.91. The maximum atomic E-state index is 4.30. The van der Waals surface area contributed by atoms with Crippen LogP contribution in [0.1, 0.15) is 5.69 Å². The summed E-state index contributed by atoms with van der Waals surface area (Å²) >= 11 is 1.58. The molecule has 1 aromatic heterocycles. The molecule has 0 aromatic carbocycles. The molecular formula is C9H5N3S. The van der Waals surface area contributed by atoms with Crippen LogP contribution in [0.25, 0.3) is 0 Å². The van der Waals surface area contributed by atoms with E-state index in [2.05, 4.69) is 15.0 Å². The fraction of sp³-hybridized carbons (Fsp3) is 0. The summed E-state index contributed by atoms with van der Waals surface area (Å²) in [5, 5.41) is 1.99. The average Bonchev–Trinajstić information content (AvgIpc) is 2.79. The van der Waals surface area contributed by atoms with Crippen molar-refractivity contribution in [1.29, 1.82) is 0 Å². The van der Waals surface area contributed by atoms with Gasteiger partial charge in [0.25, 0.3) is 0 Å². The minimum Gasteiger partial charge on any atom is -0.263 e. The number of allylic oxidation sites excluding steroid dienone is 2. The number of aliphatic imine (C=N–C) groups is 2. The molecule has 0 atom stereocenters. The quantitative estimate of drug-likeness (QED) is 0.660. The first-order valence-corrected chi connectivity index (χ1v) is 4.80. The van der Waals surface area contributed by atoms with Crippen molar-refractivity contribution in [2.45, 2.75) is 0 Å². The van der Waals surface area contributed by atoms with Crippen molar-refractivity contribution in [3.05, 3.63) is 40.1 Å². The molecule has 0 fully saturated rings. The number of hydrogen-bond donors (Lipinski definition) is 0. The third-order valence-corrected chi connectivity index (χ3v) is 2.58. The summed E-state index contributed by atoms with van der Waals surface area (Å²) in [4.78, 5) is 12.6. The Morgan fingerprint density at radius 3 is 3.08 bits per heavy atom. The molecule has 3 nitrogen and oxygen atoms in total. The zero-order valence-corrected chi connectivity index (χ0v) is 7.45. The number of nitrogens with zero attached hydrogens (tertiary/aromatic N) is 3. The molecule has 0 radical (unpaired) electrons. The van der Waals surface area contributed by atoms with Gasteiger partial charge in [-0.15, -0.1) is 11.3 Å². The smallest absolute Gasteiger partial charge is 0.100 e. The van der Waals surface area contributed by atoms with Crippen LogP contribution in [0.15, 0.2) is 44.4 Å². The van der Waals surface area contributed by atoms with Gasteiger partial charge in [0.1, 0.15) is 5.69 Å². The Balaban J connectivity index is 2.07. The molecule has 4 heteroatoms. The van der Waals surface area contributed by atoms with Gasteiger partial charge in [0, 0.05) is 35.1 Å². The van der Waals surface area contributed by atoms with E-state index in [9.17, 15) is 0 Å². The van der Waals surface area contributed by atoms with E-state index in [0.717, 1.165) is 22.6 Å². The van der Waals surface area contributed by atoms with Crippen molar-refractivity contribution in [3.8, 4) is 0 Å². The van der Waals surface area contributed by atoms with Crippen molar-refractivity contribution in [1.82, 2.24) is 4.98 Å². The molecule has 2 aliphatic rings. The maximum absolute atomic E-state index is 4.30. The third kappa shape index (κ3) is 0.922. The van der Waals surface area contributed by atoms with Gasteiger partial charge in [-0.05, 0) is 0 Å². The van der Waals surface area contributed by atoms with E-state index in [1.54, 1.807) is 11.3 Å². The Morgan fingerprint density at radius 1 is 1.23 bits per heavy atom. The van der Waals surface area contributed by atoms with Gasteiger partial charge in [0.2, 0.25) is 0 Å². The summed E-state index contributed by atoms with van der Waals surface area (Å²) in [7, 11) is 0. The second kappa shape index (κ2) is 2.47. The minimum atomic E-state index is 0.938. The second-order valence-corrected chi connectivity index (χ2v) is 3.48. The SMILES string of the molecule is C1=NC=C2C1=CN=C2c1cscn1. The van der Waals surface area contributed by atoms with Crippen molar-refractivity contribution < 1.29 is 0 Å². The molecule has 3 heterocycles. The first-order valence-electron chi connectivity index (χ1n) is 3.86. The number of aromatic nitrogens is 1. The number of thiazole rings is 1. The predicted octanol–water partition coefficient (Wildman–Crippen LogP) is 1.80. The minimum absolute atomic E-state index is 0.938. The Kier molecular flexibility index (Phi) is 1.31. The summed E-state index contributed by atoms with van der Waals surface area (Å²) in [6, 6.07) is 0. The summed E-state index contributed by atoms with van der Waals surface area (Å²) < 4.78 is 0. The average molecular weight is 187 g/mol. The molecule has 2 aliphatic heterocycles. The largest absolute Gasteiger partial charge is 0.263 e. The van der Waals surface area contributed by atoms with Crippen LogP contribution >= 0.6 is 11.3 Å². The highest BCUT2D eigenvalue weighted by atomic mass is 32.1. The Labute approximate surface area is 78.9 Å². The molecule has 0 amide bonds. The summed E-state index contributed by atoms with van der Waals surface area (Å²) in [5.74, 6) is 0. The van der Waals surface area contributed by atoms with Crippen LogP contribution in [0.4, 0.5) is 0 Å². The number of rotatable bonds is 1. The van der Waals surface area contributed by atoms with Crippen molar-refractivity contribution in [2.75, 3.05) is 0 Å². The summed E-state index contributed by atoms with van der Waals surface area (Å²) in [6.07, 6.45) is 5.48. The van der Waals surface area contributed by atoms with E-state index in [0.29, 0.717) is 0 Å². The molecule has 3 rings (SSSR count). The Morgan fingerprint density at radius 2 is 2.23 bits per heavy atom. The Bertz CT molecular complexity index is 463. The molecule has 0 N–H and O–H groups in total. The van der Waals surface area contributed by atoms with Crippen molar-refractivity contribution in [3.63, 3.8) is 0 Å². The second-order valence-electron chi connectivity index (χ2n) is 2.76. The van der Waals surface area contributed by atoms with Gasteiger partial charge >= 0.3 is 0 Å². The molecule has 0 saturated carbocycles. The fourth-order valence-electron chi connectivity index (χ4n) is 1.37. The molecule has 13 heavy (non-hydrogen) atoms. The zero-order valence-electron chi connectivity index (χ0n) is 6.64. The first-order chi connectivity index (χ1) is 6.45. The van der Waals surface area contributed by atoms with Gasteiger partial charge in [0.05, 0.1) is 11.2 Å². The van der Waals surface area contributed by atoms with Gasteiger partial charge in [-0.25, -0.2) is 4.98 Å². The number of hydrogen-bond acceptors (Lipinski definition) is 4. The molecule has 62 valence electrons. The molecule has 0 unspecified atom stereocenters. The van der Waals surface area contributed by atoms with E-state index in [1.165, 1.54) is 0 Å². The van der Waals surface area contributed by atoms with E-state index >= 15 is 0 Å². The van der Waals surface area contributed by atoms with Gasteiger partial charge in [-0.1, -0.05) is 0 Å². The molecule has 0 spiro atoms. The summed E-state index contributed by atoms with van der Waals surface area (Å²) in [6.45, 7) is 0. The highest BCUT2D eigenvalue weighted by Gasteiger charge is 2.21. The van der Waals surface area contributed by atoms with Crippen LogP contribution < -0.4 is 0 Å². The first kappa shape index (κ1) is 6.91. The highest BCUT2D eigenvalue weighted by molar-refractivity contribution is 7.07. The van der Waals surface area contributed by atoms with Crippen LogP contribution in [0.2, 0.25) is 0 Å². The Hall–Kier alpha value is -1.55. The zero-order chi connectivity index (χ0) is 8.67. The van der Waals surface area contributed by atoms with Gasteiger partial charge in [-0.2, -0.15) is 0 Å². The number of fused-ring (bicyclic) bond motifs is 1. The van der Waals surface area contributed by atoms with Crippen molar-refractivity contribution in [2.24, 2.45) is 9.98 Å². The molecule has 0 bridgehead atoms. The van der Waals surface area contributed by atoms with E-state index in [-0.39, 0.29) is 0 Å².